The second-order valence-corrected chi connectivity index (χ2v) is 5.67. The van der Waals surface area contributed by atoms with Crippen LogP contribution in [0.5, 0.6) is 0 Å². The van der Waals surface area contributed by atoms with Crippen LogP contribution < -0.4 is 4.72 Å². The molecule has 9 heteroatoms. The second kappa shape index (κ2) is 6.13. The number of carbonyl (C=O) groups is 1. The summed E-state index contributed by atoms with van der Waals surface area (Å²) in [6, 6.07) is 0. The zero-order valence-corrected chi connectivity index (χ0v) is 11.8. The number of nitrogens with zero attached hydrogens (tertiary/aromatic N) is 2. The number of sulfonamides is 1. The number of hydrogen-bond donors (Lipinski definition) is 2. The standard InChI is InChI=1S/C10H17N3O5S/c1-7-10(8(2)13(3)12-7)19(16,17)11-4-5-18-6-9(14)15/h11H,4-6H2,1-3H3,(H,14,15). The topological polar surface area (TPSA) is 111 Å². The van der Waals surface area contributed by atoms with Crippen molar-refractivity contribution in [3.63, 3.8) is 0 Å². The van der Waals surface area contributed by atoms with Crippen molar-refractivity contribution in [3.05, 3.63) is 11.4 Å². The lowest BCUT2D eigenvalue weighted by molar-refractivity contribution is -0.142. The summed E-state index contributed by atoms with van der Waals surface area (Å²) in [5.74, 6) is -1.10. The Labute approximate surface area is 111 Å². The Morgan fingerprint density at radius 3 is 2.58 bits per heavy atom. The summed E-state index contributed by atoms with van der Waals surface area (Å²) in [4.78, 5) is 10.3. The molecule has 1 aromatic heterocycles. The van der Waals surface area contributed by atoms with Crippen molar-refractivity contribution in [2.75, 3.05) is 19.8 Å². The summed E-state index contributed by atoms with van der Waals surface area (Å²) in [5.41, 5.74) is 0.954. The van der Waals surface area contributed by atoms with E-state index in [1.54, 1.807) is 20.9 Å². The number of rotatable bonds is 7. The average molecular weight is 291 g/mol. The fourth-order valence-electron chi connectivity index (χ4n) is 1.62. The second-order valence-electron chi connectivity index (χ2n) is 3.97. The molecule has 0 saturated heterocycles. The first-order valence-corrected chi connectivity index (χ1v) is 7.03. The zero-order valence-electron chi connectivity index (χ0n) is 11.0. The number of hydrogen-bond acceptors (Lipinski definition) is 5. The van der Waals surface area contributed by atoms with Crippen molar-refractivity contribution in [3.8, 4) is 0 Å². The van der Waals surface area contributed by atoms with Gasteiger partial charge in [-0.1, -0.05) is 0 Å². The molecule has 0 saturated carbocycles. The van der Waals surface area contributed by atoms with Crippen LogP contribution in [0.15, 0.2) is 4.90 Å². The quantitative estimate of drug-likeness (QED) is 0.650. The SMILES string of the molecule is Cc1nn(C)c(C)c1S(=O)(=O)NCCOCC(=O)O. The highest BCUT2D eigenvalue weighted by atomic mass is 32.2. The molecule has 0 fully saturated rings. The van der Waals surface area contributed by atoms with Crippen molar-refractivity contribution in [2.24, 2.45) is 7.05 Å². The van der Waals surface area contributed by atoms with Crippen LogP contribution in [0.4, 0.5) is 0 Å². The highest BCUT2D eigenvalue weighted by Crippen LogP contribution is 2.17. The van der Waals surface area contributed by atoms with E-state index in [0.29, 0.717) is 11.4 Å². The van der Waals surface area contributed by atoms with E-state index >= 15 is 0 Å². The van der Waals surface area contributed by atoms with E-state index in [-0.39, 0.29) is 18.0 Å². The summed E-state index contributed by atoms with van der Waals surface area (Å²) in [5, 5.41) is 12.4. The van der Waals surface area contributed by atoms with Crippen LogP contribution >= 0.6 is 0 Å². The van der Waals surface area contributed by atoms with E-state index in [0.717, 1.165) is 0 Å². The summed E-state index contributed by atoms with van der Waals surface area (Å²) in [7, 11) is -2.00. The van der Waals surface area contributed by atoms with Gasteiger partial charge in [0.2, 0.25) is 10.0 Å². The fourth-order valence-corrected chi connectivity index (χ4v) is 3.07. The lowest BCUT2D eigenvalue weighted by Gasteiger charge is -2.07. The molecular weight excluding hydrogens is 274 g/mol. The molecule has 19 heavy (non-hydrogen) atoms. The van der Waals surface area contributed by atoms with Crippen LogP contribution in [0.2, 0.25) is 0 Å². The lowest BCUT2D eigenvalue weighted by Crippen LogP contribution is -2.29. The zero-order chi connectivity index (χ0) is 14.6. The van der Waals surface area contributed by atoms with E-state index in [2.05, 4.69) is 9.82 Å². The van der Waals surface area contributed by atoms with E-state index < -0.39 is 22.6 Å². The van der Waals surface area contributed by atoms with Crippen LogP contribution in [0.25, 0.3) is 0 Å². The van der Waals surface area contributed by atoms with E-state index in [9.17, 15) is 13.2 Å². The normalized spacial score (nSPS) is 11.7. The maximum atomic E-state index is 12.0. The van der Waals surface area contributed by atoms with Gasteiger partial charge in [-0.25, -0.2) is 17.9 Å². The largest absolute Gasteiger partial charge is 0.480 e. The van der Waals surface area contributed by atoms with Crippen molar-refractivity contribution in [1.29, 1.82) is 0 Å². The van der Waals surface area contributed by atoms with Gasteiger partial charge < -0.3 is 9.84 Å². The van der Waals surface area contributed by atoms with Gasteiger partial charge in [-0.05, 0) is 13.8 Å². The Morgan fingerprint density at radius 1 is 1.47 bits per heavy atom. The lowest BCUT2D eigenvalue weighted by atomic mass is 10.4. The van der Waals surface area contributed by atoms with E-state index in [4.69, 9.17) is 9.84 Å². The summed E-state index contributed by atoms with van der Waals surface area (Å²) in [6.07, 6.45) is 0. The predicted octanol–water partition coefficient (Wildman–Crippen LogP) is -0.584. The number of carboxylic acid groups (broad SMARTS) is 1. The molecule has 0 bridgehead atoms. The van der Waals surface area contributed by atoms with Gasteiger partial charge in [-0.3, -0.25) is 4.68 Å². The van der Waals surface area contributed by atoms with Crippen molar-refractivity contribution in [2.45, 2.75) is 18.7 Å². The number of nitrogens with one attached hydrogen (secondary N) is 1. The third-order valence-electron chi connectivity index (χ3n) is 2.48. The molecule has 0 aromatic carbocycles. The van der Waals surface area contributed by atoms with Crippen LogP contribution in [0, 0.1) is 13.8 Å². The smallest absolute Gasteiger partial charge is 0.329 e. The van der Waals surface area contributed by atoms with Gasteiger partial charge in [0.1, 0.15) is 11.5 Å². The van der Waals surface area contributed by atoms with Crippen LogP contribution in [-0.4, -0.2) is 49.0 Å². The molecule has 108 valence electrons. The average Bonchev–Trinajstić information content (AvgIpc) is 2.52. The van der Waals surface area contributed by atoms with Crippen molar-refractivity contribution >= 4 is 16.0 Å². The summed E-state index contributed by atoms with van der Waals surface area (Å²) in [6.45, 7) is 2.82. The summed E-state index contributed by atoms with van der Waals surface area (Å²) >= 11 is 0. The molecule has 0 aliphatic rings. The molecule has 0 aliphatic heterocycles. The minimum atomic E-state index is -3.66. The van der Waals surface area contributed by atoms with Crippen LogP contribution in [0.1, 0.15) is 11.4 Å². The molecule has 0 atom stereocenters. The third-order valence-corrected chi connectivity index (χ3v) is 4.19. The first-order valence-electron chi connectivity index (χ1n) is 5.55. The minimum Gasteiger partial charge on any atom is -0.480 e. The number of aryl methyl sites for hydroxylation is 2. The molecule has 0 radical (unpaired) electrons. The molecular formula is C10H17N3O5S. The van der Waals surface area contributed by atoms with Crippen molar-refractivity contribution < 1.29 is 23.1 Å². The minimum absolute atomic E-state index is 0.00336. The molecule has 1 aromatic rings. The molecule has 1 heterocycles. The van der Waals surface area contributed by atoms with E-state index in [1.165, 1.54) is 4.68 Å². The first kappa shape index (κ1) is 15.6. The van der Waals surface area contributed by atoms with E-state index in [1.807, 2.05) is 0 Å². The highest BCUT2D eigenvalue weighted by Gasteiger charge is 2.23. The van der Waals surface area contributed by atoms with Gasteiger partial charge in [0, 0.05) is 13.6 Å². The molecule has 0 aliphatic carbocycles. The maximum Gasteiger partial charge on any atom is 0.329 e. The molecule has 0 unspecified atom stereocenters. The number of ether oxygens (including phenoxy) is 1. The van der Waals surface area contributed by atoms with Crippen LogP contribution in [-0.2, 0) is 26.6 Å². The number of carboxylic acids is 1. The van der Waals surface area contributed by atoms with Gasteiger partial charge in [-0.15, -0.1) is 0 Å². The molecule has 0 amide bonds. The molecule has 1 rings (SSSR count). The van der Waals surface area contributed by atoms with Gasteiger partial charge in [0.05, 0.1) is 18.0 Å². The third kappa shape index (κ3) is 4.01. The Hall–Kier alpha value is -1.45. The molecule has 8 nitrogen and oxygen atoms in total. The monoisotopic (exact) mass is 291 g/mol. The Bertz CT molecular complexity index is 564. The number of aliphatic carboxylic acids is 1. The van der Waals surface area contributed by atoms with Gasteiger partial charge in [0.25, 0.3) is 0 Å². The van der Waals surface area contributed by atoms with Gasteiger partial charge in [0.15, 0.2) is 0 Å². The van der Waals surface area contributed by atoms with Gasteiger partial charge >= 0.3 is 5.97 Å². The Morgan fingerprint density at radius 2 is 2.11 bits per heavy atom. The maximum absolute atomic E-state index is 12.0. The highest BCUT2D eigenvalue weighted by molar-refractivity contribution is 7.89. The summed E-state index contributed by atoms with van der Waals surface area (Å²) < 4.78 is 32.7. The predicted molar refractivity (Wildman–Crippen MR) is 66.3 cm³/mol. The van der Waals surface area contributed by atoms with Gasteiger partial charge in [-0.2, -0.15) is 5.10 Å². The van der Waals surface area contributed by atoms with Crippen LogP contribution in [0.3, 0.4) is 0 Å². The first-order chi connectivity index (χ1) is 8.75. The fraction of sp³-hybridized carbons (Fsp3) is 0.600. The Balaban J connectivity index is 2.64. The molecule has 2 N–H and O–H groups in total. The Kier molecular flexibility index (Phi) is 5.04. The van der Waals surface area contributed by atoms with Crippen molar-refractivity contribution in [1.82, 2.24) is 14.5 Å². The molecule has 0 spiro atoms. The number of aromatic nitrogens is 2.